The molecule has 116 valence electrons. The van der Waals surface area contributed by atoms with Crippen LogP contribution >= 0.6 is 0 Å². The molecule has 1 atom stereocenters. The van der Waals surface area contributed by atoms with Crippen molar-refractivity contribution >= 4 is 0 Å². The van der Waals surface area contributed by atoms with Gasteiger partial charge in [-0.3, -0.25) is 4.68 Å². The van der Waals surface area contributed by atoms with Crippen LogP contribution < -0.4 is 0 Å². The smallest absolute Gasteiger partial charge is 0.0823 e. The van der Waals surface area contributed by atoms with Gasteiger partial charge in [-0.15, -0.1) is 0 Å². The van der Waals surface area contributed by atoms with Crippen LogP contribution in [0.1, 0.15) is 70.0 Å². The zero-order chi connectivity index (χ0) is 15.0. The zero-order valence-electron chi connectivity index (χ0n) is 13.5. The van der Waals surface area contributed by atoms with Crippen molar-refractivity contribution in [1.29, 1.82) is 0 Å². The lowest BCUT2D eigenvalue weighted by Gasteiger charge is -2.12. The quantitative estimate of drug-likeness (QED) is 0.670. The molecule has 0 saturated heterocycles. The Kier molecular flexibility index (Phi) is 7.85. The lowest BCUT2D eigenvalue weighted by atomic mass is 10.0. The van der Waals surface area contributed by atoms with E-state index in [1.807, 2.05) is 11.6 Å². The van der Waals surface area contributed by atoms with Crippen molar-refractivity contribution in [3.63, 3.8) is 0 Å². The summed E-state index contributed by atoms with van der Waals surface area (Å²) in [5.74, 6) is 0. The van der Waals surface area contributed by atoms with Crippen LogP contribution in [-0.2, 0) is 24.1 Å². The molecule has 0 spiro atoms. The molecule has 0 radical (unpaired) electrons. The highest BCUT2D eigenvalue weighted by atomic mass is 16.5. The van der Waals surface area contributed by atoms with Crippen molar-refractivity contribution in [3.05, 3.63) is 17.0 Å². The van der Waals surface area contributed by atoms with E-state index in [9.17, 15) is 5.11 Å². The van der Waals surface area contributed by atoms with Gasteiger partial charge in [-0.05, 0) is 25.7 Å². The molecular weight excluding hydrogens is 252 g/mol. The Bertz CT molecular complexity index is 388. The number of nitrogens with zero attached hydrogens (tertiary/aromatic N) is 2. The van der Waals surface area contributed by atoms with E-state index in [-0.39, 0.29) is 0 Å². The van der Waals surface area contributed by atoms with Gasteiger partial charge in [0.05, 0.1) is 24.9 Å². The van der Waals surface area contributed by atoms with Crippen LogP contribution in [0.2, 0.25) is 0 Å². The molecule has 0 aliphatic heterocycles. The van der Waals surface area contributed by atoms with Gasteiger partial charge in [-0.25, -0.2) is 0 Å². The number of rotatable bonds is 10. The van der Waals surface area contributed by atoms with Crippen LogP contribution in [0.5, 0.6) is 0 Å². The topological polar surface area (TPSA) is 47.3 Å². The Labute approximate surface area is 123 Å². The second-order valence-corrected chi connectivity index (χ2v) is 5.13. The van der Waals surface area contributed by atoms with Crippen LogP contribution in [0, 0.1) is 0 Å². The average Bonchev–Trinajstić information content (AvgIpc) is 2.83. The van der Waals surface area contributed by atoms with Gasteiger partial charge in [0, 0.05) is 17.9 Å². The van der Waals surface area contributed by atoms with Gasteiger partial charge in [0.2, 0.25) is 0 Å². The van der Waals surface area contributed by atoms with Crippen LogP contribution in [0.15, 0.2) is 0 Å². The van der Waals surface area contributed by atoms with Crippen LogP contribution in [0.3, 0.4) is 0 Å². The highest BCUT2D eigenvalue weighted by Crippen LogP contribution is 2.25. The molecule has 1 heterocycles. The fraction of sp³-hybridized carbons (Fsp3) is 0.812. The molecule has 0 bridgehead atoms. The van der Waals surface area contributed by atoms with Crippen LogP contribution in [0.4, 0.5) is 0 Å². The summed E-state index contributed by atoms with van der Waals surface area (Å²) in [5.41, 5.74) is 3.24. The van der Waals surface area contributed by atoms with E-state index in [0.29, 0.717) is 6.61 Å². The number of aliphatic hydroxyl groups is 1. The standard InChI is InChI=1S/C16H30N2O2/c1-5-9-11-20-12-10-18-14(7-3)16(15(19)8-4)13(6-2)17-18/h15,19H,5-12H2,1-4H3. The normalized spacial score (nSPS) is 12.8. The zero-order valence-corrected chi connectivity index (χ0v) is 13.5. The first kappa shape index (κ1) is 17.2. The van der Waals surface area contributed by atoms with E-state index < -0.39 is 6.10 Å². The molecule has 1 aromatic heterocycles. The van der Waals surface area contributed by atoms with Crippen molar-refractivity contribution < 1.29 is 9.84 Å². The van der Waals surface area contributed by atoms with Crippen LogP contribution in [-0.4, -0.2) is 28.1 Å². The summed E-state index contributed by atoms with van der Waals surface area (Å²) in [4.78, 5) is 0. The monoisotopic (exact) mass is 282 g/mol. The summed E-state index contributed by atoms with van der Waals surface area (Å²) in [6, 6.07) is 0. The number of hydrogen-bond donors (Lipinski definition) is 1. The third kappa shape index (κ3) is 4.32. The first-order valence-corrected chi connectivity index (χ1v) is 8.03. The van der Waals surface area contributed by atoms with Crippen molar-refractivity contribution in [2.45, 2.75) is 72.4 Å². The third-order valence-electron chi connectivity index (χ3n) is 3.65. The maximum atomic E-state index is 10.2. The molecule has 4 nitrogen and oxygen atoms in total. The van der Waals surface area contributed by atoms with Gasteiger partial charge in [0.25, 0.3) is 0 Å². The summed E-state index contributed by atoms with van der Waals surface area (Å²) in [6.07, 6.45) is 4.37. The molecule has 1 unspecified atom stereocenters. The van der Waals surface area contributed by atoms with Gasteiger partial charge in [-0.2, -0.15) is 5.10 Å². The maximum Gasteiger partial charge on any atom is 0.0823 e. The number of hydrogen-bond acceptors (Lipinski definition) is 3. The Morgan fingerprint density at radius 2 is 1.90 bits per heavy atom. The second kappa shape index (κ2) is 9.14. The first-order valence-electron chi connectivity index (χ1n) is 8.03. The van der Waals surface area contributed by atoms with Crippen molar-refractivity contribution in [3.8, 4) is 0 Å². The summed E-state index contributed by atoms with van der Waals surface area (Å²) >= 11 is 0. The number of aromatic nitrogens is 2. The molecule has 1 aromatic rings. The summed E-state index contributed by atoms with van der Waals surface area (Å²) < 4.78 is 7.65. The molecule has 20 heavy (non-hydrogen) atoms. The maximum absolute atomic E-state index is 10.2. The minimum atomic E-state index is -0.394. The molecular formula is C16H30N2O2. The molecule has 1 rings (SSSR count). The number of aryl methyl sites for hydroxylation is 1. The molecule has 0 fully saturated rings. The molecule has 0 aromatic carbocycles. The molecule has 0 aliphatic rings. The van der Waals surface area contributed by atoms with Crippen LogP contribution in [0.25, 0.3) is 0 Å². The van der Waals surface area contributed by atoms with Crippen molar-refractivity contribution in [2.24, 2.45) is 0 Å². The first-order chi connectivity index (χ1) is 9.69. The van der Waals surface area contributed by atoms with E-state index in [1.54, 1.807) is 0 Å². The van der Waals surface area contributed by atoms with E-state index in [2.05, 4.69) is 25.9 Å². The second-order valence-electron chi connectivity index (χ2n) is 5.13. The summed E-state index contributed by atoms with van der Waals surface area (Å²) in [6.45, 7) is 10.7. The number of aliphatic hydroxyl groups excluding tert-OH is 1. The lowest BCUT2D eigenvalue weighted by Crippen LogP contribution is -2.12. The largest absolute Gasteiger partial charge is 0.388 e. The molecule has 0 saturated carbocycles. The Balaban J connectivity index is 2.77. The number of ether oxygens (including phenoxy) is 1. The third-order valence-corrected chi connectivity index (χ3v) is 3.65. The Hall–Kier alpha value is -0.870. The summed E-state index contributed by atoms with van der Waals surface area (Å²) in [5, 5.41) is 14.9. The highest BCUT2D eigenvalue weighted by Gasteiger charge is 2.20. The van der Waals surface area contributed by atoms with E-state index in [1.165, 1.54) is 0 Å². The van der Waals surface area contributed by atoms with E-state index in [0.717, 1.165) is 62.2 Å². The van der Waals surface area contributed by atoms with E-state index in [4.69, 9.17) is 4.74 Å². The molecule has 4 heteroatoms. The Morgan fingerprint density at radius 1 is 1.15 bits per heavy atom. The van der Waals surface area contributed by atoms with Gasteiger partial charge in [-0.1, -0.05) is 34.1 Å². The predicted octanol–water partition coefficient (Wildman–Crippen LogP) is 3.27. The minimum absolute atomic E-state index is 0.394. The van der Waals surface area contributed by atoms with E-state index >= 15 is 0 Å². The van der Waals surface area contributed by atoms with Gasteiger partial charge in [0.1, 0.15) is 0 Å². The SMILES string of the molecule is CCCCOCCn1nc(CC)c(C(O)CC)c1CC. The van der Waals surface area contributed by atoms with Gasteiger partial charge in [0.15, 0.2) is 0 Å². The fourth-order valence-corrected chi connectivity index (χ4v) is 2.47. The van der Waals surface area contributed by atoms with Gasteiger partial charge >= 0.3 is 0 Å². The average molecular weight is 282 g/mol. The Morgan fingerprint density at radius 3 is 2.45 bits per heavy atom. The summed E-state index contributed by atoms with van der Waals surface area (Å²) in [7, 11) is 0. The van der Waals surface area contributed by atoms with Crippen molar-refractivity contribution in [1.82, 2.24) is 9.78 Å². The number of unbranched alkanes of at least 4 members (excludes halogenated alkanes) is 1. The highest BCUT2D eigenvalue weighted by molar-refractivity contribution is 5.29. The van der Waals surface area contributed by atoms with Crippen molar-refractivity contribution in [2.75, 3.05) is 13.2 Å². The molecule has 0 aliphatic carbocycles. The predicted molar refractivity (Wildman–Crippen MR) is 82.0 cm³/mol. The minimum Gasteiger partial charge on any atom is -0.388 e. The van der Waals surface area contributed by atoms with Gasteiger partial charge < -0.3 is 9.84 Å². The molecule has 1 N–H and O–H groups in total. The fourth-order valence-electron chi connectivity index (χ4n) is 2.47. The lowest BCUT2D eigenvalue weighted by molar-refractivity contribution is 0.120. The molecule has 0 amide bonds.